The Morgan fingerprint density at radius 3 is 2.17 bits per heavy atom. The standard InChI is InChI=1S/C16H16O2/c1-11-7-6-8-12(2)15(11)13-9-4-5-10-14(13)16(17)18-3/h4-10H,1-3H3. The van der Waals surface area contributed by atoms with Crippen LogP contribution in [0.2, 0.25) is 0 Å². The Morgan fingerprint density at radius 1 is 0.944 bits per heavy atom. The molecule has 0 aliphatic rings. The number of esters is 1. The molecule has 92 valence electrons. The van der Waals surface area contributed by atoms with Gasteiger partial charge in [0.1, 0.15) is 0 Å². The first-order valence-electron chi connectivity index (χ1n) is 5.89. The second-order valence-electron chi connectivity index (χ2n) is 4.30. The number of ether oxygens (including phenoxy) is 1. The molecule has 2 rings (SSSR count). The summed E-state index contributed by atoms with van der Waals surface area (Å²) in [6.45, 7) is 4.10. The van der Waals surface area contributed by atoms with Crippen LogP contribution >= 0.6 is 0 Å². The number of carbonyl (C=O) groups excluding carboxylic acids is 1. The number of carbonyl (C=O) groups is 1. The Balaban J connectivity index is 2.68. The maximum absolute atomic E-state index is 11.8. The van der Waals surface area contributed by atoms with Gasteiger partial charge in [0.05, 0.1) is 12.7 Å². The predicted molar refractivity (Wildman–Crippen MR) is 72.7 cm³/mol. The van der Waals surface area contributed by atoms with Crippen molar-refractivity contribution >= 4 is 5.97 Å². The molecule has 0 saturated heterocycles. The van der Waals surface area contributed by atoms with Crippen molar-refractivity contribution < 1.29 is 9.53 Å². The number of aryl methyl sites for hydroxylation is 2. The van der Waals surface area contributed by atoms with Crippen molar-refractivity contribution in [1.82, 2.24) is 0 Å². The normalized spacial score (nSPS) is 10.2. The average Bonchev–Trinajstić information content (AvgIpc) is 2.38. The molecule has 18 heavy (non-hydrogen) atoms. The molecular formula is C16H16O2. The van der Waals surface area contributed by atoms with Crippen LogP contribution in [0.1, 0.15) is 21.5 Å². The molecule has 0 unspecified atom stereocenters. The van der Waals surface area contributed by atoms with Gasteiger partial charge in [-0.1, -0.05) is 36.4 Å². The molecule has 0 radical (unpaired) electrons. The summed E-state index contributed by atoms with van der Waals surface area (Å²) in [4.78, 5) is 11.8. The molecule has 0 saturated carbocycles. The largest absolute Gasteiger partial charge is 0.465 e. The third kappa shape index (κ3) is 2.14. The molecule has 2 aromatic rings. The van der Waals surface area contributed by atoms with Crippen LogP contribution in [0.5, 0.6) is 0 Å². The molecule has 0 heterocycles. The first-order chi connectivity index (χ1) is 8.65. The third-order valence-corrected chi connectivity index (χ3v) is 3.08. The van der Waals surface area contributed by atoms with E-state index in [0.717, 1.165) is 22.3 Å². The van der Waals surface area contributed by atoms with Crippen LogP contribution in [0, 0.1) is 13.8 Å². The zero-order valence-electron chi connectivity index (χ0n) is 10.9. The van der Waals surface area contributed by atoms with Crippen molar-refractivity contribution in [3.05, 3.63) is 59.2 Å². The monoisotopic (exact) mass is 240 g/mol. The number of hydrogen-bond acceptors (Lipinski definition) is 2. The Hall–Kier alpha value is -2.09. The minimum atomic E-state index is -0.298. The fraction of sp³-hybridized carbons (Fsp3) is 0.188. The highest BCUT2D eigenvalue weighted by atomic mass is 16.5. The van der Waals surface area contributed by atoms with Crippen LogP contribution in [0.25, 0.3) is 11.1 Å². The maximum Gasteiger partial charge on any atom is 0.338 e. The zero-order chi connectivity index (χ0) is 13.1. The predicted octanol–water partition coefficient (Wildman–Crippen LogP) is 3.76. The van der Waals surface area contributed by atoms with Gasteiger partial charge in [0.25, 0.3) is 0 Å². The second-order valence-corrected chi connectivity index (χ2v) is 4.30. The average molecular weight is 240 g/mol. The van der Waals surface area contributed by atoms with Gasteiger partial charge in [-0.05, 0) is 42.2 Å². The van der Waals surface area contributed by atoms with Gasteiger partial charge in [-0.2, -0.15) is 0 Å². The summed E-state index contributed by atoms with van der Waals surface area (Å²) in [5.74, 6) is -0.298. The number of benzene rings is 2. The fourth-order valence-electron chi connectivity index (χ4n) is 2.23. The summed E-state index contributed by atoms with van der Waals surface area (Å²) in [6, 6.07) is 13.7. The van der Waals surface area contributed by atoms with E-state index in [2.05, 4.69) is 26.0 Å². The molecular weight excluding hydrogens is 224 g/mol. The minimum absolute atomic E-state index is 0.298. The summed E-state index contributed by atoms with van der Waals surface area (Å²) in [7, 11) is 1.41. The quantitative estimate of drug-likeness (QED) is 0.747. The highest BCUT2D eigenvalue weighted by molar-refractivity contribution is 5.98. The summed E-state index contributed by atoms with van der Waals surface area (Å²) in [5, 5.41) is 0. The van der Waals surface area contributed by atoms with Crippen molar-refractivity contribution in [3.8, 4) is 11.1 Å². The molecule has 0 spiro atoms. The van der Waals surface area contributed by atoms with Crippen molar-refractivity contribution in [2.75, 3.05) is 7.11 Å². The molecule has 0 aliphatic heterocycles. The van der Waals surface area contributed by atoms with Crippen LogP contribution in [0.15, 0.2) is 42.5 Å². The Kier molecular flexibility index (Phi) is 3.47. The van der Waals surface area contributed by atoms with Gasteiger partial charge in [0.2, 0.25) is 0 Å². The van der Waals surface area contributed by atoms with Crippen molar-refractivity contribution in [1.29, 1.82) is 0 Å². The minimum Gasteiger partial charge on any atom is -0.465 e. The van der Waals surface area contributed by atoms with E-state index in [0.29, 0.717) is 5.56 Å². The lowest BCUT2D eigenvalue weighted by Crippen LogP contribution is -2.04. The van der Waals surface area contributed by atoms with Crippen LogP contribution in [0.3, 0.4) is 0 Å². The van der Waals surface area contributed by atoms with Gasteiger partial charge in [-0.15, -0.1) is 0 Å². The Bertz CT molecular complexity index is 565. The molecule has 0 N–H and O–H groups in total. The molecule has 0 aliphatic carbocycles. The molecule has 0 amide bonds. The lowest BCUT2D eigenvalue weighted by atomic mass is 9.92. The molecule has 2 aromatic carbocycles. The second kappa shape index (κ2) is 5.05. The van der Waals surface area contributed by atoms with Crippen LogP contribution in [-0.2, 0) is 4.74 Å². The highest BCUT2D eigenvalue weighted by Gasteiger charge is 2.15. The first-order valence-corrected chi connectivity index (χ1v) is 5.89. The lowest BCUT2D eigenvalue weighted by Gasteiger charge is -2.13. The van der Waals surface area contributed by atoms with E-state index in [-0.39, 0.29) is 5.97 Å². The molecule has 2 heteroatoms. The summed E-state index contributed by atoms with van der Waals surface area (Å²) < 4.78 is 4.84. The highest BCUT2D eigenvalue weighted by Crippen LogP contribution is 2.30. The SMILES string of the molecule is COC(=O)c1ccccc1-c1c(C)cccc1C. The Morgan fingerprint density at radius 2 is 1.56 bits per heavy atom. The zero-order valence-corrected chi connectivity index (χ0v) is 10.9. The van der Waals surface area contributed by atoms with E-state index >= 15 is 0 Å². The number of rotatable bonds is 2. The first kappa shape index (κ1) is 12.4. The third-order valence-electron chi connectivity index (χ3n) is 3.08. The molecule has 0 atom stereocenters. The summed E-state index contributed by atoms with van der Waals surface area (Å²) in [6.07, 6.45) is 0. The number of methoxy groups -OCH3 is 1. The van der Waals surface area contributed by atoms with E-state index in [9.17, 15) is 4.79 Å². The van der Waals surface area contributed by atoms with Crippen LogP contribution < -0.4 is 0 Å². The van der Waals surface area contributed by atoms with Gasteiger partial charge in [0.15, 0.2) is 0 Å². The van der Waals surface area contributed by atoms with E-state index in [1.54, 1.807) is 6.07 Å². The van der Waals surface area contributed by atoms with E-state index in [1.165, 1.54) is 7.11 Å². The smallest absolute Gasteiger partial charge is 0.338 e. The van der Waals surface area contributed by atoms with E-state index < -0.39 is 0 Å². The van der Waals surface area contributed by atoms with Crippen LogP contribution in [0.4, 0.5) is 0 Å². The molecule has 2 nitrogen and oxygen atoms in total. The van der Waals surface area contributed by atoms with Gasteiger partial charge >= 0.3 is 5.97 Å². The van der Waals surface area contributed by atoms with Gasteiger partial charge in [-0.25, -0.2) is 4.79 Å². The van der Waals surface area contributed by atoms with Gasteiger partial charge < -0.3 is 4.74 Å². The molecule has 0 aromatic heterocycles. The summed E-state index contributed by atoms with van der Waals surface area (Å²) in [5.41, 5.74) is 4.97. The van der Waals surface area contributed by atoms with E-state index in [4.69, 9.17) is 4.74 Å². The van der Waals surface area contributed by atoms with Crippen molar-refractivity contribution in [3.63, 3.8) is 0 Å². The van der Waals surface area contributed by atoms with Crippen molar-refractivity contribution in [2.24, 2.45) is 0 Å². The topological polar surface area (TPSA) is 26.3 Å². The fourth-order valence-corrected chi connectivity index (χ4v) is 2.23. The van der Waals surface area contributed by atoms with Crippen molar-refractivity contribution in [2.45, 2.75) is 13.8 Å². The lowest BCUT2D eigenvalue weighted by molar-refractivity contribution is 0.0601. The maximum atomic E-state index is 11.8. The van der Waals surface area contributed by atoms with Crippen LogP contribution in [-0.4, -0.2) is 13.1 Å². The Labute approximate surface area is 107 Å². The van der Waals surface area contributed by atoms with E-state index in [1.807, 2.05) is 24.3 Å². The summed E-state index contributed by atoms with van der Waals surface area (Å²) >= 11 is 0. The molecule has 0 fully saturated rings. The molecule has 0 bridgehead atoms. The van der Waals surface area contributed by atoms with Gasteiger partial charge in [-0.3, -0.25) is 0 Å². The number of hydrogen-bond donors (Lipinski definition) is 0. The van der Waals surface area contributed by atoms with Gasteiger partial charge in [0, 0.05) is 0 Å².